The van der Waals surface area contributed by atoms with E-state index >= 15 is 0 Å². The van der Waals surface area contributed by atoms with Crippen LogP contribution in [0.1, 0.15) is 53.5 Å². The lowest BCUT2D eigenvalue weighted by molar-refractivity contribution is 0.0949. The van der Waals surface area contributed by atoms with Crippen molar-refractivity contribution >= 4 is 28.5 Å². The van der Waals surface area contributed by atoms with E-state index in [1.165, 1.54) is 11.1 Å². The minimum absolute atomic E-state index is 0.206. The molecule has 31 heavy (non-hydrogen) atoms. The van der Waals surface area contributed by atoms with Gasteiger partial charge in [0.1, 0.15) is 5.82 Å². The molecule has 1 unspecified atom stereocenters. The molecule has 4 rings (SSSR count). The fraction of sp³-hybridized carbons (Fsp3) is 0.231. The van der Waals surface area contributed by atoms with Crippen LogP contribution in [0.15, 0.2) is 72.8 Å². The fourth-order valence-corrected chi connectivity index (χ4v) is 3.93. The van der Waals surface area contributed by atoms with Gasteiger partial charge >= 0.3 is 0 Å². The third kappa shape index (κ3) is 4.64. The summed E-state index contributed by atoms with van der Waals surface area (Å²) in [6.45, 7) is 5.47. The van der Waals surface area contributed by atoms with E-state index in [2.05, 4.69) is 54.1 Å². The first kappa shape index (κ1) is 21.1. The van der Waals surface area contributed by atoms with Crippen molar-refractivity contribution in [2.45, 2.75) is 39.3 Å². The summed E-state index contributed by atoms with van der Waals surface area (Å²) in [5.41, 5.74) is 4.99. The number of aromatic nitrogens is 2. The molecule has 1 N–H and O–H groups in total. The predicted molar refractivity (Wildman–Crippen MR) is 127 cm³/mol. The van der Waals surface area contributed by atoms with Gasteiger partial charge in [0.05, 0.1) is 28.2 Å². The van der Waals surface area contributed by atoms with Crippen molar-refractivity contribution in [1.29, 1.82) is 0 Å². The molecule has 0 fully saturated rings. The number of rotatable bonds is 7. The van der Waals surface area contributed by atoms with Crippen molar-refractivity contribution in [3.63, 3.8) is 0 Å². The topological polar surface area (TPSA) is 46.9 Å². The first-order chi connectivity index (χ1) is 15.1. The third-order valence-electron chi connectivity index (χ3n) is 5.76. The van der Waals surface area contributed by atoms with Crippen molar-refractivity contribution in [2.75, 3.05) is 0 Å². The molecule has 1 amide bonds. The molecular formula is C26H26ClN3O. The maximum Gasteiger partial charge on any atom is 0.253 e. The molecule has 0 radical (unpaired) electrons. The zero-order chi connectivity index (χ0) is 21.8. The van der Waals surface area contributed by atoms with Gasteiger partial charge in [-0.2, -0.15) is 0 Å². The molecule has 0 aliphatic rings. The van der Waals surface area contributed by atoms with Gasteiger partial charge in [-0.1, -0.05) is 74.0 Å². The molecule has 4 nitrogen and oxygen atoms in total. The van der Waals surface area contributed by atoms with E-state index in [0.29, 0.717) is 29.6 Å². The smallest absolute Gasteiger partial charge is 0.253 e. The average Bonchev–Trinajstić information content (AvgIpc) is 3.15. The van der Waals surface area contributed by atoms with Crippen LogP contribution in [0.4, 0.5) is 0 Å². The normalized spacial score (nSPS) is 12.1. The Morgan fingerprint density at radius 1 is 1.03 bits per heavy atom. The summed E-state index contributed by atoms with van der Waals surface area (Å²) >= 11 is 6.17. The summed E-state index contributed by atoms with van der Waals surface area (Å²) in [5.74, 6) is 1.16. The number of carbonyl (C=O) groups is 1. The van der Waals surface area contributed by atoms with Crippen LogP contribution in [0.2, 0.25) is 5.02 Å². The molecule has 158 valence electrons. The average molecular weight is 432 g/mol. The Bertz CT molecular complexity index is 1200. The lowest BCUT2D eigenvalue weighted by Crippen LogP contribution is -2.25. The summed E-state index contributed by atoms with van der Waals surface area (Å²) < 4.78 is 2.17. The Kier molecular flexibility index (Phi) is 6.38. The number of nitrogens with zero attached hydrogens (tertiary/aromatic N) is 2. The number of halogens is 1. The van der Waals surface area contributed by atoms with Crippen LogP contribution in [-0.4, -0.2) is 15.5 Å². The zero-order valence-corrected chi connectivity index (χ0v) is 18.6. The Morgan fingerprint density at radius 3 is 2.48 bits per heavy atom. The van der Waals surface area contributed by atoms with Gasteiger partial charge in [0, 0.05) is 6.54 Å². The number of amides is 1. The molecular weight excluding hydrogens is 406 g/mol. The molecule has 3 aromatic carbocycles. The highest BCUT2D eigenvalue weighted by molar-refractivity contribution is 6.33. The standard InChI is InChI=1S/C26H26ClN3O/c1-3-18(2)20-14-12-19(13-15-20)17-30-24-11-7-6-10-23(24)29-25(30)16-28-26(31)21-8-4-5-9-22(21)27/h4-15,18H,3,16-17H2,1-2H3,(H,28,31). The number of hydrogen-bond donors (Lipinski definition) is 1. The highest BCUT2D eigenvalue weighted by atomic mass is 35.5. The second kappa shape index (κ2) is 9.36. The lowest BCUT2D eigenvalue weighted by Gasteiger charge is -2.13. The molecule has 0 bridgehead atoms. The van der Waals surface area contributed by atoms with E-state index in [0.717, 1.165) is 23.3 Å². The summed E-state index contributed by atoms with van der Waals surface area (Å²) in [6, 6.07) is 23.9. The molecule has 1 heterocycles. The lowest BCUT2D eigenvalue weighted by atomic mass is 9.98. The molecule has 1 aromatic heterocycles. The Morgan fingerprint density at radius 2 is 1.74 bits per heavy atom. The van der Waals surface area contributed by atoms with Crippen LogP contribution in [0.5, 0.6) is 0 Å². The van der Waals surface area contributed by atoms with E-state index < -0.39 is 0 Å². The number of benzene rings is 3. The minimum atomic E-state index is -0.206. The second-order valence-corrected chi connectivity index (χ2v) is 8.22. The molecule has 0 saturated heterocycles. The van der Waals surface area contributed by atoms with Gasteiger partial charge in [-0.05, 0) is 47.7 Å². The largest absolute Gasteiger partial charge is 0.345 e. The van der Waals surface area contributed by atoms with Crippen molar-refractivity contribution in [2.24, 2.45) is 0 Å². The summed E-state index contributed by atoms with van der Waals surface area (Å²) in [4.78, 5) is 17.4. The number of nitrogens with one attached hydrogen (secondary N) is 1. The van der Waals surface area contributed by atoms with Gasteiger partial charge in [-0.3, -0.25) is 4.79 Å². The van der Waals surface area contributed by atoms with E-state index in [1.807, 2.05) is 24.3 Å². The van der Waals surface area contributed by atoms with Crippen molar-refractivity contribution in [3.05, 3.63) is 100 Å². The number of hydrogen-bond acceptors (Lipinski definition) is 2. The number of imidazole rings is 1. The van der Waals surface area contributed by atoms with Crippen LogP contribution >= 0.6 is 11.6 Å². The summed E-state index contributed by atoms with van der Waals surface area (Å²) in [6.07, 6.45) is 1.13. The molecule has 5 heteroatoms. The van der Waals surface area contributed by atoms with Crippen LogP contribution in [0, 0.1) is 0 Å². The second-order valence-electron chi connectivity index (χ2n) is 7.82. The van der Waals surface area contributed by atoms with Crippen LogP contribution in [0.3, 0.4) is 0 Å². The zero-order valence-electron chi connectivity index (χ0n) is 17.8. The van der Waals surface area contributed by atoms with Gasteiger partial charge in [-0.15, -0.1) is 0 Å². The fourth-order valence-electron chi connectivity index (χ4n) is 3.71. The first-order valence-corrected chi connectivity index (χ1v) is 11.0. The molecule has 0 aliphatic heterocycles. The Labute approximate surface area is 187 Å². The van der Waals surface area contributed by atoms with Gasteiger partial charge in [0.2, 0.25) is 0 Å². The maximum absolute atomic E-state index is 12.6. The van der Waals surface area contributed by atoms with E-state index in [4.69, 9.17) is 16.6 Å². The summed E-state index contributed by atoms with van der Waals surface area (Å²) in [7, 11) is 0. The molecule has 0 aliphatic carbocycles. The number of carbonyl (C=O) groups excluding carboxylic acids is 1. The summed E-state index contributed by atoms with van der Waals surface area (Å²) in [5, 5.41) is 3.41. The van der Waals surface area contributed by atoms with Gasteiger partial charge in [0.15, 0.2) is 0 Å². The number of para-hydroxylation sites is 2. The highest BCUT2D eigenvalue weighted by Gasteiger charge is 2.14. The third-order valence-corrected chi connectivity index (χ3v) is 6.09. The maximum atomic E-state index is 12.6. The Hall–Kier alpha value is -3.11. The molecule has 1 atom stereocenters. The van der Waals surface area contributed by atoms with Gasteiger partial charge in [0.25, 0.3) is 5.91 Å². The molecule has 0 spiro atoms. The van der Waals surface area contributed by atoms with Crippen LogP contribution in [0.25, 0.3) is 11.0 Å². The number of fused-ring (bicyclic) bond motifs is 1. The van der Waals surface area contributed by atoms with Gasteiger partial charge in [-0.25, -0.2) is 4.98 Å². The van der Waals surface area contributed by atoms with Crippen LogP contribution in [-0.2, 0) is 13.1 Å². The first-order valence-electron chi connectivity index (χ1n) is 10.6. The van der Waals surface area contributed by atoms with E-state index in [1.54, 1.807) is 18.2 Å². The van der Waals surface area contributed by atoms with Gasteiger partial charge < -0.3 is 9.88 Å². The highest BCUT2D eigenvalue weighted by Crippen LogP contribution is 2.22. The SMILES string of the molecule is CCC(C)c1ccc(Cn2c(CNC(=O)c3ccccc3Cl)nc3ccccc32)cc1. The van der Waals surface area contributed by atoms with Crippen molar-refractivity contribution in [3.8, 4) is 0 Å². The minimum Gasteiger partial charge on any atom is -0.345 e. The van der Waals surface area contributed by atoms with Crippen molar-refractivity contribution in [1.82, 2.24) is 14.9 Å². The predicted octanol–water partition coefficient (Wildman–Crippen LogP) is 6.18. The Balaban J connectivity index is 1.59. The monoisotopic (exact) mass is 431 g/mol. The molecule has 4 aromatic rings. The molecule has 0 saturated carbocycles. The quantitative estimate of drug-likeness (QED) is 0.379. The van der Waals surface area contributed by atoms with E-state index in [9.17, 15) is 4.79 Å². The van der Waals surface area contributed by atoms with Crippen LogP contribution < -0.4 is 5.32 Å². The van der Waals surface area contributed by atoms with Crippen molar-refractivity contribution < 1.29 is 4.79 Å². The van der Waals surface area contributed by atoms with E-state index in [-0.39, 0.29) is 5.91 Å².